The molecule has 2 aromatic rings. The first-order valence-corrected chi connectivity index (χ1v) is 8.35. The SMILES string of the molecule is N#CC1(NC2CC2)CCC(Sc2nc3ccccc3o2)C1. The van der Waals surface area contributed by atoms with Gasteiger partial charge in [0.1, 0.15) is 11.1 Å². The van der Waals surface area contributed by atoms with Gasteiger partial charge in [0, 0.05) is 11.3 Å². The minimum atomic E-state index is -0.329. The van der Waals surface area contributed by atoms with Gasteiger partial charge in [-0.1, -0.05) is 23.9 Å². The Bertz CT molecular complexity index is 670. The van der Waals surface area contributed by atoms with E-state index < -0.39 is 0 Å². The fourth-order valence-corrected chi connectivity index (χ4v) is 4.21. The van der Waals surface area contributed by atoms with Crippen LogP contribution in [0.1, 0.15) is 32.1 Å². The number of rotatable bonds is 4. The predicted molar refractivity (Wildman–Crippen MR) is 82.0 cm³/mol. The second-order valence-electron chi connectivity index (χ2n) is 6.04. The second-order valence-corrected chi connectivity index (χ2v) is 7.29. The van der Waals surface area contributed by atoms with Crippen molar-refractivity contribution in [2.75, 3.05) is 0 Å². The lowest BCUT2D eigenvalue weighted by atomic mass is 10.00. The Balaban J connectivity index is 1.46. The van der Waals surface area contributed by atoms with Crippen LogP contribution in [0.15, 0.2) is 33.9 Å². The van der Waals surface area contributed by atoms with Crippen LogP contribution in [-0.4, -0.2) is 21.8 Å². The van der Waals surface area contributed by atoms with E-state index in [2.05, 4.69) is 16.4 Å². The smallest absolute Gasteiger partial charge is 0.257 e. The van der Waals surface area contributed by atoms with Gasteiger partial charge in [0.15, 0.2) is 5.58 Å². The van der Waals surface area contributed by atoms with E-state index in [0.29, 0.717) is 11.3 Å². The Hall–Kier alpha value is -1.51. The Kier molecular flexibility index (Phi) is 3.16. The van der Waals surface area contributed by atoms with E-state index in [1.807, 2.05) is 24.3 Å². The number of nitriles is 1. The molecule has 5 heteroatoms. The summed E-state index contributed by atoms with van der Waals surface area (Å²) >= 11 is 1.67. The van der Waals surface area contributed by atoms with Crippen LogP contribution in [0, 0.1) is 11.3 Å². The molecular formula is C16H17N3OS. The molecule has 108 valence electrons. The Morgan fingerprint density at radius 2 is 2.19 bits per heavy atom. The molecule has 0 radical (unpaired) electrons. The Morgan fingerprint density at radius 3 is 2.95 bits per heavy atom. The summed E-state index contributed by atoms with van der Waals surface area (Å²) in [6, 6.07) is 10.9. The average molecular weight is 299 g/mol. The van der Waals surface area contributed by atoms with Crippen LogP contribution >= 0.6 is 11.8 Å². The van der Waals surface area contributed by atoms with Crippen molar-refractivity contribution in [1.29, 1.82) is 5.26 Å². The number of benzene rings is 1. The molecule has 1 aromatic carbocycles. The first-order chi connectivity index (χ1) is 10.3. The van der Waals surface area contributed by atoms with E-state index in [9.17, 15) is 5.26 Å². The number of oxazole rings is 1. The topological polar surface area (TPSA) is 61.9 Å². The minimum Gasteiger partial charge on any atom is -0.431 e. The monoisotopic (exact) mass is 299 g/mol. The van der Waals surface area contributed by atoms with Gasteiger partial charge in [-0.3, -0.25) is 5.32 Å². The van der Waals surface area contributed by atoms with Crippen LogP contribution in [0.4, 0.5) is 0 Å². The van der Waals surface area contributed by atoms with Crippen molar-refractivity contribution >= 4 is 22.9 Å². The van der Waals surface area contributed by atoms with Crippen molar-refractivity contribution in [3.8, 4) is 6.07 Å². The van der Waals surface area contributed by atoms with Crippen LogP contribution in [0.3, 0.4) is 0 Å². The zero-order valence-corrected chi connectivity index (χ0v) is 12.5. The summed E-state index contributed by atoms with van der Waals surface area (Å²) < 4.78 is 5.77. The molecule has 1 N–H and O–H groups in total. The van der Waals surface area contributed by atoms with E-state index in [-0.39, 0.29) is 5.54 Å². The van der Waals surface area contributed by atoms with Crippen molar-refractivity contribution in [2.45, 2.75) is 54.2 Å². The number of para-hydroxylation sites is 2. The van der Waals surface area contributed by atoms with E-state index in [1.165, 1.54) is 12.8 Å². The highest BCUT2D eigenvalue weighted by atomic mass is 32.2. The van der Waals surface area contributed by atoms with Crippen LogP contribution in [-0.2, 0) is 0 Å². The zero-order chi connectivity index (χ0) is 14.3. The lowest BCUT2D eigenvalue weighted by Crippen LogP contribution is -2.43. The summed E-state index contributed by atoms with van der Waals surface area (Å²) in [6.07, 6.45) is 5.27. The number of thioether (sulfide) groups is 1. The number of hydrogen-bond donors (Lipinski definition) is 1. The fraction of sp³-hybridized carbons (Fsp3) is 0.500. The molecule has 0 aliphatic heterocycles. The Labute approximate surface area is 127 Å². The number of fused-ring (bicyclic) bond motifs is 1. The molecule has 2 saturated carbocycles. The highest BCUT2D eigenvalue weighted by Crippen LogP contribution is 2.41. The second kappa shape index (κ2) is 5.04. The van der Waals surface area contributed by atoms with Crippen molar-refractivity contribution in [2.24, 2.45) is 0 Å². The van der Waals surface area contributed by atoms with E-state index in [0.717, 1.165) is 35.6 Å². The molecule has 0 amide bonds. The molecular weight excluding hydrogens is 282 g/mol. The summed E-state index contributed by atoms with van der Waals surface area (Å²) in [7, 11) is 0. The van der Waals surface area contributed by atoms with Crippen LogP contribution in [0.2, 0.25) is 0 Å². The zero-order valence-electron chi connectivity index (χ0n) is 11.7. The third kappa shape index (κ3) is 2.66. The minimum absolute atomic E-state index is 0.329. The van der Waals surface area contributed by atoms with Gasteiger partial charge in [0.25, 0.3) is 5.22 Å². The van der Waals surface area contributed by atoms with Crippen LogP contribution < -0.4 is 5.32 Å². The summed E-state index contributed by atoms with van der Waals surface area (Å²) in [4.78, 5) is 4.52. The lowest BCUT2D eigenvalue weighted by molar-refractivity contribution is 0.420. The standard InChI is InChI=1S/C16H17N3OS/c17-10-16(19-11-5-6-11)8-7-12(9-16)21-15-18-13-3-1-2-4-14(13)20-15/h1-4,11-12,19H,5-9H2. The predicted octanol–water partition coefficient (Wildman–Crippen LogP) is 3.49. The first kappa shape index (κ1) is 13.2. The van der Waals surface area contributed by atoms with Gasteiger partial charge in [0.05, 0.1) is 6.07 Å². The van der Waals surface area contributed by atoms with Crippen molar-refractivity contribution in [3.63, 3.8) is 0 Å². The van der Waals surface area contributed by atoms with Crippen LogP contribution in [0.25, 0.3) is 11.1 Å². The highest BCUT2D eigenvalue weighted by Gasteiger charge is 2.43. The number of nitrogens with zero attached hydrogens (tertiary/aromatic N) is 2. The Morgan fingerprint density at radius 1 is 1.33 bits per heavy atom. The van der Waals surface area contributed by atoms with Crippen molar-refractivity contribution < 1.29 is 4.42 Å². The van der Waals surface area contributed by atoms with Gasteiger partial charge in [0.2, 0.25) is 0 Å². The molecule has 21 heavy (non-hydrogen) atoms. The van der Waals surface area contributed by atoms with Crippen LogP contribution in [0.5, 0.6) is 0 Å². The van der Waals surface area contributed by atoms with Gasteiger partial charge in [-0.2, -0.15) is 5.26 Å². The third-order valence-electron chi connectivity index (χ3n) is 4.28. The fourth-order valence-electron chi connectivity index (χ4n) is 3.03. The molecule has 0 spiro atoms. The summed E-state index contributed by atoms with van der Waals surface area (Å²) in [6.45, 7) is 0. The molecule has 2 aliphatic carbocycles. The molecule has 2 unspecified atom stereocenters. The van der Waals surface area contributed by atoms with E-state index in [1.54, 1.807) is 11.8 Å². The van der Waals surface area contributed by atoms with Gasteiger partial charge in [-0.05, 0) is 44.2 Å². The third-order valence-corrected chi connectivity index (χ3v) is 5.39. The van der Waals surface area contributed by atoms with Gasteiger partial charge >= 0.3 is 0 Å². The molecule has 1 aromatic heterocycles. The molecule has 2 fully saturated rings. The molecule has 2 atom stereocenters. The van der Waals surface area contributed by atoms with E-state index in [4.69, 9.17) is 4.42 Å². The summed E-state index contributed by atoms with van der Waals surface area (Å²) in [5, 5.41) is 14.2. The number of aromatic nitrogens is 1. The van der Waals surface area contributed by atoms with Gasteiger partial charge in [-0.25, -0.2) is 4.98 Å². The summed E-state index contributed by atoms with van der Waals surface area (Å²) in [5.41, 5.74) is 1.41. The normalized spacial score (nSPS) is 28.8. The van der Waals surface area contributed by atoms with Gasteiger partial charge in [-0.15, -0.1) is 0 Å². The molecule has 0 bridgehead atoms. The molecule has 4 nitrogen and oxygen atoms in total. The quantitative estimate of drug-likeness (QED) is 0.936. The first-order valence-electron chi connectivity index (χ1n) is 7.48. The number of hydrogen-bond acceptors (Lipinski definition) is 5. The largest absolute Gasteiger partial charge is 0.431 e. The van der Waals surface area contributed by atoms with E-state index >= 15 is 0 Å². The van der Waals surface area contributed by atoms with Crippen molar-refractivity contribution in [3.05, 3.63) is 24.3 Å². The molecule has 1 heterocycles. The lowest BCUT2D eigenvalue weighted by Gasteiger charge is -2.22. The number of nitrogens with one attached hydrogen (secondary N) is 1. The molecule has 4 rings (SSSR count). The highest BCUT2D eigenvalue weighted by molar-refractivity contribution is 7.99. The average Bonchev–Trinajstić information content (AvgIpc) is 3.07. The molecule has 0 saturated heterocycles. The summed E-state index contributed by atoms with van der Waals surface area (Å²) in [5.74, 6) is 0. The maximum absolute atomic E-state index is 9.53. The van der Waals surface area contributed by atoms with Gasteiger partial charge < -0.3 is 4.42 Å². The molecule has 2 aliphatic rings. The van der Waals surface area contributed by atoms with Crippen molar-refractivity contribution in [1.82, 2.24) is 10.3 Å². The maximum atomic E-state index is 9.53. The maximum Gasteiger partial charge on any atom is 0.257 e.